The lowest BCUT2D eigenvalue weighted by Gasteiger charge is -2.17. The highest BCUT2D eigenvalue weighted by atomic mass is 16.6. The minimum absolute atomic E-state index is 0.379. The van der Waals surface area contributed by atoms with Gasteiger partial charge in [-0.1, -0.05) is 79.8 Å². The van der Waals surface area contributed by atoms with Gasteiger partial charge < -0.3 is 19.7 Å². The van der Waals surface area contributed by atoms with Crippen molar-refractivity contribution in [2.24, 2.45) is 0 Å². The molecule has 2 N–H and O–H groups in total. The van der Waals surface area contributed by atoms with Gasteiger partial charge in [0, 0.05) is 13.5 Å². The molecular formula is C26H40O5. The van der Waals surface area contributed by atoms with Crippen LogP contribution in [0.3, 0.4) is 0 Å². The van der Waals surface area contributed by atoms with Crippen molar-refractivity contribution < 1.29 is 24.5 Å². The number of carbonyl (C=O) groups excluding carboxylic acids is 1. The maximum atomic E-state index is 11.9. The number of allylic oxidation sites excluding steroid dienone is 11. The molecular weight excluding hydrogens is 392 g/mol. The van der Waals surface area contributed by atoms with Crippen molar-refractivity contribution in [1.29, 1.82) is 0 Å². The van der Waals surface area contributed by atoms with E-state index in [2.05, 4.69) is 67.7 Å². The maximum Gasteiger partial charge on any atom is 0.336 e. The molecule has 0 aliphatic carbocycles. The van der Waals surface area contributed by atoms with E-state index in [4.69, 9.17) is 19.7 Å². The molecule has 0 saturated carbocycles. The van der Waals surface area contributed by atoms with Gasteiger partial charge in [0.1, 0.15) is 6.10 Å². The van der Waals surface area contributed by atoms with Crippen LogP contribution in [0.25, 0.3) is 0 Å². The Kier molecular flexibility index (Phi) is 20.9. The predicted octanol–water partition coefficient (Wildman–Crippen LogP) is 4.99. The van der Waals surface area contributed by atoms with E-state index in [1.54, 1.807) is 0 Å². The first-order valence-corrected chi connectivity index (χ1v) is 11.0. The normalized spacial score (nSPS) is 14.0. The fourth-order valence-corrected chi connectivity index (χ4v) is 2.40. The molecule has 0 aromatic heterocycles. The van der Waals surface area contributed by atoms with Crippen LogP contribution in [0.1, 0.15) is 51.9 Å². The molecule has 0 aromatic rings. The molecule has 0 bridgehead atoms. The van der Waals surface area contributed by atoms with Crippen LogP contribution in [0.4, 0.5) is 0 Å². The topological polar surface area (TPSA) is 76.0 Å². The summed E-state index contributed by atoms with van der Waals surface area (Å²) in [5.41, 5.74) is 0. The smallest absolute Gasteiger partial charge is 0.336 e. The Morgan fingerprint density at radius 1 is 0.710 bits per heavy atom. The minimum Gasteiger partial charge on any atom is -0.456 e. The Hall–Kier alpha value is -2.21. The molecule has 0 radical (unpaired) electrons. The van der Waals surface area contributed by atoms with E-state index in [1.807, 2.05) is 12.2 Å². The van der Waals surface area contributed by atoms with Crippen LogP contribution in [0.2, 0.25) is 0 Å². The predicted molar refractivity (Wildman–Crippen MR) is 128 cm³/mol. The average Bonchev–Trinajstić information content (AvgIpc) is 2.78. The van der Waals surface area contributed by atoms with Crippen LogP contribution in [0.5, 0.6) is 0 Å². The van der Waals surface area contributed by atoms with Crippen LogP contribution < -0.4 is 0 Å². The fourth-order valence-electron chi connectivity index (χ4n) is 2.40. The van der Waals surface area contributed by atoms with Gasteiger partial charge in [-0.05, 0) is 38.5 Å². The summed E-state index contributed by atoms with van der Waals surface area (Å²) in [7, 11) is 1.43. The summed E-state index contributed by atoms with van der Waals surface area (Å²) < 4.78 is 10.1. The Morgan fingerprint density at radius 2 is 1.10 bits per heavy atom. The van der Waals surface area contributed by atoms with E-state index in [0.717, 1.165) is 38.5 Å². The minimum atomic E-state index is -0.907. The molecule has 0 amide bonds. The summed E-state index contributed by atoms with van der Waals surface area (Å²) in [6.45, 7) is 1.30. The quantitative estimate of drug-likeness (QED) is 0.236. The first-order chi connectivity index (χ1) is 15.2. The monoisotopic (exact) mass is 432 g/mol. The zero-order valence-electron chi connectivity index (χ0n) is 19.1. The number of esters is 1. The molecule has 0 heterocycles. The molecule has 0 spiro atoms. The molecule has 0 saturated heterocycles. The summed E-state index contributed by atoms with van der Waals surface area (Å²) in [5, 5.41) is 17.9. The van der Waals surface area contributed by atoms with Gasteiger partial charge >= 0.3 is 5.97 Å². The SMILES string of the molecule is CCC=CCC=CCC=CCC=CCC=CCC=CCC(OC)C(=O)OC(CO)CO. The highest BCUT2D eigenvalue weighted by molar-refractivity contribution is 5.75. The van der Waals surface area contributed by atoms with E-state index in [-0.39, 0.29) is 0 Å². The number of ether oxygens (including phenoxy) is 2. The summed E-state index contributed by atoms with van der Waals surface area (Å²) in [5.74, 6) is -0.588. The Bertz CT molecular complexity index is 595. The number of carbonyl (C=O) groups is 1. The van der Waals surface area contributed by atoms with E-state index in [0.29, 0.717) is 6.42 Å². The fraction of sp³-hybridized carbons (Fsp3) is 0.500. The van der Waals surface area contributed by atoms with Crippen molar-refractivity contribution in [1.82, 2.24) is 0 Å². The summed E-state index contributed by atoms with van der Waals surface area (Å²) >= 11 is 0. The summed E-state index contributed by atoms with van der Waals surface area (Å²) in [4.78, 5) is 11.9. The van der Waals surface area contributed by atoms with Crippen molar-refractivity contribution in [3.05, 3.63) is 72.9 Å². The van der Waals surface area contributed by atoms with Crippen LogP contribution in [0.15, 0.2) is 72.9 Å². The highest BCUT2D eigenvalue weighted by Gasteiger charge is 2.21. The average molecular weight is 433 g/mol. The molecule has 1 unspecified atom stereocenters. The van der Waals surface area contributed by atoms with Crippen LogP contribution in [-0.2, 0) is 14.3 Å². The van der Waals surface area contributed by atoms with Gasteiger partial charge in [-0.3, -0.25) is 0 Å². The van der Waals surface area contributed by atoms with Crippen LogP contribution >= 0.6 is 0 Å². The third-order valence-electron chi connectivity index (χ3n) is 4.18. The highest BCUT2D eigenvalue weighted by Crippen LogP contribution is 2.05. The van der Waals surface area contributed by atoms with Gasteiger partial charge in [-0.2, -0.15) is 0 Å². The lowest BCUT2D eigenvalue weighted by Crippen LogP contribution is -2.32. The van der Waals surface area contributed by atoms with Crippen molar-refractivity contribution in [3.63, 3.8) is 0 Å². The number of hydrogen-bond donors (Lipinski definition) is 2. The second-order valence-corrected chi connectivity index (χ2v) is 6.80. The van der Waals surface area contributed by atoms with Gasteiger partial charge in [0.15, 0.2) is 6.10 Å². The molecule has 1 atom stereocenters. The van der Waals surface area contributed by atoms with Gasteiger partial charge in [0.05, 0.1) is 13.2 Å². The molecule has 174 valence electrons. The zero-order valence-corrected chi connectivity index (χ0v) is 19.1. The van der Waals surface area contributed by atoms with Crippen molar-refractivity contribution in [2.75, 3.05) is 20.3 Å². The van der Waals surface area contributed by atoms with E-state index < -0.39 is 31.4 Å². The summed E-state index contributed by atoms with van der Waals surface area (Å²) in [6, 6.07) is 0. The van der Waals surface area contributed by atoms with E-state index in [1.165, 1.54) is 7.11 Å². The van der Waals surface area contributed by atoms with Crippen molar-refractivity contribution >= 4 is 5.97 Å². The van der Waals surface area contributed by atoms with Crippen LogP contribution in [-0.4, -0.2) is 48.7 Å². The Labute approximate surface area is 188 Å². The third kappa shape index (κ3) is 18.3. The summed E-state index contributed by atoms with van der Waals surface area (Å²) in [6.07, 6.45) is 29.8. The molecule has 31 heavy (non-hydrogen) atoms. The van der Waals surface area contributed by atoms with Gasteiger partial charge in [0.25, 0.3) is 0 Å². The lowest BCUT2D eigenvalue weighted by atomic mass is 10.2. The largest absolute Gasteiger partial charge is 0.456 e. The van der Waals surface area contributed by atoms with Crippen molar-refractivity contribution in [2.45, 2.75) is 64.1 Å². The van der Waals surface area contributed by atoms with E-state index >= 15 is 0 Å². The third-order valence-corrected chi connectivity index (χ3v) is 4.18. The number of aliphatic hydroxyl groups is 2. The number of aliphatic hydroxyl groups excluding tert-OH is 2. The van der Waals surface area contributed by atoms with E-state index in [9.17, 15) is 4.79 Å². The molecule has 0 aliphatic rings. The lowest BCUT2D eigenvalue weighted by molar-refractivity contribution is -0.164. The number of hydrogen-bond acceptors (Lipinski definition) is 5. The number of rotatable bonds is 18. The number of methoxy groups -OCH3 is 1. The maximum absolute atomic E-state index is 11.9. The van der Waals surface area contributed by atoms with Crippen LogP contribution in [0, 0.1) is 0 Å². The Morgan fingerprint density at radius 3 is 1.45 bits per heavy atom. The first kappa shape index (κ1) is 28.8. The van der Waals surface area contributed by atoms with Gasteiger partial charge in [-0.25, -0.2) is 4.79 Å². The van der Waals surface area contributed by atoms with Gasteiger partial charge in [0.2, 0.25) is 0 Å². The van der Waals surface area contributed by atoms with Gasteiger partial charge in [-0.15, -0.1) is 0 Å². The molecule has 0 fully saturated rings. The zero-order chi connectivity index (χ0) is 23.0. The molecule has 0 rings (SSSR count). The Balaban J connectivity index is 3.88. The molecule has 0 aliphatic heterocycles. The molecule has 5 heteroatoms. The second kappa shape index (κ2) is 22.5. The first-order valence-electron chi connectivity index (χ1n) is 11.0. The second-order valence-electron chi connectivity index (χ2n) is 6.80. The standard InChI is InChI=1S/C26H40O5/c1-3-4-5-6-7-8-9-10-11-12-13-14-15-16-17-18-19-20-21-25(30-2)26(29)31-24(22-27)23-28/h4-5,7-8,10-11,13-14,16-17,19-20,24-25,27-28H,3,6,9,12,15,18,21-23H2,1-2H3. The molecule has 0 aromatic carbocycles. The van der Waals surface area contributed by atoms with Crippen molar-refractivity contribution in [3.8, 4) is 0 Å². The molecule has 5 nitrogen and oxygen atoms in total.